The molecular weight excluding hydrogens is 328 g/mol. The molecule has 0 saturated carbocycles. The monoisotopic (exact) mass is 346 g/mol. The van der Waals surface area contributed by atoms with Crippen LogP contribution in [0.4, 0.5) is 0 Å². The summed E-state index contributed by atoms with van der Waals surface area (Å²) in [5.74, 6) is 0.992. The highest BCUT2D eigenvalue weighted by Crippen LogP contribution is 2.25. The molecule has 0 spiro atoms. The maximum atomic E-state index is 10.7. The first kappa shape index (κ1) is 16.1. The minimum Gasteiger partial charge on any atom is -0.453 e. The van der Waals surface area contributed by atoms with Gasteiger partial charge in [-0.25, -0.2) is 4.68 Å². The van der Waals surface area contributed by atoms with E-state index in [1.165, 1.54) is 0 Å². The molecule has 6 heteroatoms. The maximum Gasteiger partial charge on any atom is 0.185 e. The summed E-state index contributed by atoms with van der Waals surface area (Å²) >= 11 is 0. The van der Waals surface area contributed by atoms with Crippen LogP contribution in [0.25, 0.3) is 28.3 Å². The Kier molecular flexibility index (Phi) is 4.01. The third-order valence-corrected chi connectivity index (χ3v) is 4.43. The van der Waals surface area contributed by atoms with Crippen molar-refractivity contribution in [2.75, 3.05) is 0 Å². The van der Waals surface area contributed by atoms with E-state index in [1.54, 1.807) is 12.1 Å². The molecule has 0 aliphatic rings. The number of nitrogens with zero attached hydrogens (tertiary/aromatic N) is 4. The summed E-state index contributed by atoms with van der Waals surface area (Å²) in [7, 11) is 0. The molecule has 4 rings (SSSR count). The van der Waals surface area contributed by atoms with Crippen molar-refractivity contribution in [3.05, 3.63) is 66.3 Å². The maximum absolute atomic E-state index is 10.7. The van der Waals surface area contributed by atoms with E-state index in [1.807, 2.05) is 52.1 Å². The van der Waals surface area contributed by atoms with E-state index in [0.29, 0.717) is 17.8 Å². The van der Waals surface area contributed by atoms with Crippen molar-refractivity contribution >= 4 is 6.29 Å². The number of carbonyl (C=O) groups is 1. The van der Waals surface area contributed by atoms with Crippen LogP contribution in [0, 0.1) is 6.92 Å². The lowest BCUT2D eigenvalue weighted by atomic mass is 10.1. The van der Waals surface area contributed by atoms with Crippen LogP contribution in [0.2, 0.25) is 0 Å². The van der Waals surface area contributed by atoms with Gasteiger partial charge in [0, 0.05) is 29.6 Å². The Hall–Kier alpha value is -3.41. The summed E-state index contributed by atoms with van der Waals surface area (Å²) < 4.78 is 9.25. The fraction of sp³-hybridized carbons (Fsp3) is 0.150. The summed E-state index contributed by atoms with van der Waals surface area (Å²) in [5, 5.41) is 9.05. The van der Waals surface area contributed by atoms with Gasteiger partial charge in [-0.3, -0.25) is 9.48 Å². The normalized spacial score (nSPS) is 11.0. The van der Waals surface area contributed by atoms with Crippen molar-refractivity contribution in [1.82, 2.24) is 19.6 Å². The highest BCUT2D eigenvalue weighted by Gasteiger charge is 2.11. The van der Waals surface area contributed by atoms with Crippen molar-refractivity contribution in [2.45, 2.75) is 20.4 Å². The molecule has 4 aromatic rings. The topological polar surface area (TPSA) is 65.8 Å². The standard InChI is InChI=1S/C20H18N4O2/c1-3-23-14(2)18(12-21-23)19-10-11-24(22-19)16-6-4-15(5-7-16)20-9-8-17(13-25)26-20/h4-13H,3H2,1-2H3. The van der Waals surface area contributed by atoms with Gasteiger partial charge in [-0.1, -0.05) is 0 Å². The van der Waals surface area contributed by atoms with Crippen molar-refractivity contribution in [1.29, 1.82) is 0 Å². The molecule has 0 N–H and O–H groups in total. The lowest BCUT2D eigenvalue weighted by molar-refractivity contribution is 0.110. The zero-order chi connectivity index (χ0) is 18.1. The number of aldehydes is 1. The first-order valence-electron chi connectivity index (χ1n) is 8.44. The Balaban J connectivity index is 1.61. The number of carbonyl (C=O) groups excluding carboxylic acids is 1. The van der Waals surface area contributed by atoms with E-state index in [9.17, 15) is 4.79 Å². The summed E-state index contributed by atoms with van der Waals surface area (Å²) in [6.07, 6.45) is 4.49. The van der Waals surface area contributed by atoms with Crippen molar-refractivity contribution in [2.24, 2.45) is 0 Å². The van der Waals surface area contributed by atoms with Crippen molar-refractivity contribution < 1.29 is 9.21 Å². The second kappa shape index (κ2) is 6.48. The van der Waals surface area contributed by atoms with Gasteiger partial charge in [0.05, 0.1) is 17.6 Å². The van der Waals surface area contributed by atoms with E-state index in [4.69, 9.17) is 4.42 Å². The van der Waals surface area contributed by atoms with E-state index in [0.717, 1.165) is 34.7 Å². The van der Waals surface area contributed by atoms with Crippen molar-refractivity contribution in [3.8, 4) is 28.3 Å². The highest BCUT2D eigenvalue weighted by molar-refractivity contribution is 5.73. The third-order valence-electron chi connectivity index (χ3n) is 4.43. The number of hydrogen-bond donors (Lipinski definition) is 0. The van der Waals surface area contributed by atoms with Crippen LogP contribution in [-0.2, 0) is 6.54 Å². The molecule has 0 aliphatic carbocycles. The summed E-state index contributed by atoms with van der Waals surface area (Å²) in [6, 6.07) is 13.3. The fourth-order valence-corrected chi connectivity index (χ4v) is 2.98. The first-order chi connectivity index (χ1) is 12.7. The molecular formula is C20H18N4O2. The quantitative estimate of drug-likeness (QED) is 0.510. The predicted octanol–water partition coefficient (Wildman–Crippen LogP) is 4.14. The van der Waals surface area contributed by atoms with Gasteiger partial charge in [0.15, 0.2) is 12.0 Å². The van der Waals surface area contributed by atoms with Crippen LogP contribution in [0.1, 0.15) is 23.2 Å². The lowest BCUT2D eigenvalue weighted by Crippen LogP contribution is -1.98. The molecule has 1 aromatic carbocycles. The SMILES string of the molecule is CCn1ncc(-c2ccn(-c3ccc(-c4ccc(C=O)o4)cc3)n2)c1C. The molecule has 130 valence electrons. The Morgan fingerprint density at radius 3 is 2.58 bits per heavy atom. The summed E-state index contributed by atoms with van der Waals surface area (Å²) in [6.45, 7) is 4.96. The number of hydrogen-bond acceptors (Lipinski definition) is 4. The van der Waals surface area contributed by atoms with E-state index in [-0.39, 0.29) is 0 Å². The van der Waals surface area contributed by atoms with Gasteiger partial charge in [-0.2, -0.15) is 10.2 Å². The van der Waals surface area contributed by atoms with Crippen LogP contribution >= 0.6 is 0 Å². The second-order valence-corrected chi connectivity index (χ2v) is 5.97. The van der Waals surface area contributed by atoms with Crippen LogP contribution in [-0.4, -0.2) is 25.8 Å². The smallest absolute Gasteiger partial charge is 0.185 e. The number of rotatable bonds is 5. The lowest BCUT2D eigenvalue weighted by Gasteiger charge is -2.03. The number of benzene rings is 1. The van der Waals surface area contributed by atoms with Gasteiger partial charge in [0.2, 0.25) is 0 Å². The Morgan fingerprint density at radius 1 is 1.12 bits per heavy atom. The Morgan fingerprint density at radius 2 is 1.92 bits per heavy atom. The Labute approximate surface area is 150 Å². The average Bonchev–Trinajstić information content (AvgIpc) is 3.41. The zero-order valence-corrected chi connectivity index (χ0v) is 14.6. The van der Waals surface area contributed by atoms with Gasteiger partial charge in [0.25, 0.3) is 0 Å². The average molecular weight is 346 g/mol. The summed E-state index contributed by atoms with van der Waals surface area (Å²) in [5.41, 5.74) is 4.90. The molecule has 6 nitrogen and oxygen atoms in total. The van der Waals surface area contributed by atoms with Crippen LogP contribution in [0.5, 0.6) is 0 Å². The van der Waals surface area contributed by atoms with Gasteiger partial charge in [-0.05, 0) is 56.3 Å². The number of aromatic nitrogens is 4. The van der Waals surface area contributed by atoms with Crippen LogP contribution in [0.15, 0.2) is 59.3 Å². The number of aryl methyl sites for hydroxylation is 1. The minimum absolute atomic E-state index is 0.323. The molecule has 0 amide bonds. The zero-order valence-electron chi connectivity index (χ0n) is 14.6. The van der Waals surface area contributed by atoms with Crippen LogP contribution < -0.4 is 0 Å². The van der Waals surface area contributed by atoms with E-state index < -0.39 is 0 Å². The molecule has 0 radical (unpaired) electrons. The molecule has 0 aliphatic heterocycles. The van der Waals surface area contributed by atoms with Gasteiger partial charge in [-0.15, -0.1) is 0 Å². The van der Waals surface area contributed by atoms with Crippen molar-refractivity contribution in [3.63, 3.8) is 0 Å². The van der Waals surface area contributed by atoms with E-state index in [2.05, 4.69) is 24.0 Å². The first-order valence-corrected chi connectivity index (χ1v) is 8.44. The third kappa shape index (κ3) is 2.75. The summed E-state index contributed by atoms with van der Waals surface area (Å²) in [4.78, 5) is 10.7. The molecule has 0 atom stereocenters. The van der Waals surface area contributed by atoms with Gasteiger partial charge < -0.3 is 4.42 Å². The molecule has 0 unspecified atom stereocenters. The van der Waals surface area contributed by atoms with Gasteiger partial charge >= 0.3 is 0 Å². The molecule has 0 saturated heterocycles. The fourth-order valence-electron chi connectivity index (χ4n) is 2.98. The largest absolute Gasteiger partial charge is 0.453 e. The second-order valence-electron chi connectivity index (χ2n) is 5.97. The predicted molar refractivity (Wildman–Crippen MR) is 98.3 cm³/mol. The van der Waals surface area contributed by atoms with E-state index >= 15 is 0 Å². The molecule has 3 aromatic heterocycles. The van der Waals surface area contributed by atoms with Gasteiger partial charge in [0.1, 0.15) is 5.76 Å². The Bertz CT molecular complexity index is 1050. The molecule has 0 bridgehead atoms. The molecule has 26 heavy (non-hydrogen) atoms. The molecule has 0 fully saturated rings. The molecule has 3 heterocycles. The minimum atomic E-state index is 0.323. The van der Waals surface area contributed by atoms with Crippen LogP contribution in [0.3, 0.4) is 0 Å². The number of furan rings is 1. The highest BCUT2D eigenvalue weighted by atomic mass is 16.3.